The van der Waals surface area contributed by atoms with E-state index in [0.29, 0.717) is 11.1 Å². The molecule has 3 N–H and O–H groups in total. The molecule has 6 heteroatoms. The third-order valence-electron chi connectivity index (χ3n) is 2.64. The third kappa shape index (κ3) is 1.99. The van der Waals surface area contributed by atoms with Crippen LogP contribution in [0, 0.1) is 0 Å². The molecule has 1 aromatic heterocycles. The Bertz CT molecular complexity index is 485. The highest BCUT2D eigenvalue weighted by atomic mass is 16.3. The molecule has 2 heterocycles. The van der Waals surface area contributed by atoms with E-state index in [-0.39, 0.29) is 24.7 Å². The Morgan fingerprint density at radius 3 is 3.00 bits per heavy atom. The number of fused-ring (bicyclic) bond motifs is 1. The van der Waals surface area contributed by atoms with Crippen LogP contribution in [-0.2, 0) is 6.54 Å². The van der Waals surface area contributed by atoms with E-state index in [4.69, 9.17) is 5.73 Å². The number of primary amides is 1. The van der Waals surface area contributed by atoms with Gasteiger partial charge in [0.15, 0.2) is 0 Å². The average Bonchev–Trinajstić information content (AvgIpc) is 2.55. The van der Waals surface area contributed by atoms with Gasteiger partial charge in [0.25, 0.3) is 11.8 Å². The van der Waals surface area contributed by atoms with Crippen molar-refractivity contribution in [3.05, 3.63) is 29.1 Å². The molecular weight excluding hydrogens is 222 g/mol. The van der Waals surface area contributed by atoms with Crippen LogP contribution in [0.1, 0.15) is 33.3 Å². The zero-order chi connectivity index (χ0) is 12.6. The first-order valence-electron chi connectivity index (χ1n) is 5.25. The topological polar surface area (TPSA) is 96.5 Å². The lowest BCUT2D eigenvalue weighted by atomic mass is 10.1. The van der Waals surface area contributed by atoms with Gasteiger partial charge in [-0.3, -0.25) is 14.6 Å². The van der Waals surface area contributed by atoms with Gasteiger partial charge in [-0.15, -0.1) is 0 Å². The van der Waals surface area contributed by atoms with Crippen LogP contribution in [0.4, 0.5) is 0 Å². The van der Waals surface area contributed by atoms with E-state index in [9.17, 15) is 14.7 Å². The molecule has 1 aliphatic heterocycles. The van der Waals surface area contributed by atoms with Crippen molar-refractivity contribution in [2.24, 2.45) is 5.73 Å². The molecule has 0 fully saturated rings. The molecule has 0 unspecified atom stereocenters. The second-order valence-electron chi connectivity index (χ2n) is 4.08. The second-order valence-corrected chi connectivity index (χ2v) is 4.08. The van der Waals surface area contributed by atoms with Crippen LogP contribution in [0.3, 0.4) is 0 Å². The van der Waals surface area contributed by atoms with Crippen molar-refractivity contribution in [2.75, 3.05) is 6.54 Å². The zero-order valence-electron chi connectivity index (χ0n) is 9.38. The third-order valence-corrected chi connectivity index (χ3v) is 2.64. The lowest BCUT2D eigenvalue weighted by Gasteiger charge is -2.17. The molecule has 0 bridgehead atoms. The fourth-order valence-electron chi connectivity index (χ4n) is 1.96. The smallest absolute Gasteiger partial charge is 0.267 e. The minimum atomic E-state index is -0.645. The van der Waals surface area contributed by atoms with Crippen molar-refractivity contribution < 1.29 is 14.7 Å². The van der Waals surface area contributed by atoms with E-state index in [1.807, 2.05) is 0 Å². The summed E-state index contributed by atoms with van der Waals surface area (Å²) in [5, 5.41) is 9.29. The first kappa shape index (κ1) is 11.5. The maximum absolute atomic E-state index is 11.9. The molecule has 90 valence electrons. The van der Waals surface area contributed by atoms with E-state index >= 15 is 0 Å². The summed E-state index contributed by atoms with van der Waals surface area (Å²) in [7, 11) is 0. The van der Waals surface area contributed by atoms with Crippen LogP contribution in [-0.4, -0.2) is 39.5 Å². The average molecular weight is 235 g/mol. The van der Waals surface area contributed by atoms with E-state index in [0.717, 1.165) is 0 Å². The highest BCUT2D eigenvalue weighted by molar-refractivity contribution is 6.02. The van der Waals surface area contributed by atoms with Crippen LogP contribution in [0.2, 0.25) is 0 Å². The number of aliphatic hydroxyl groups is 1. The Kier molecular flexibility index (Phi) is 2.81. The Labute approximate surface area is 98.1 Å². The number of hydrogen-bond donors (Lipinski definition) is 2. The fourth-order valence-corrected chi connectivity index (χ4v) is 1.96. The summed E-state index contributed by atoms with van der Waals surface area (Å²) in [5.74, 6) is -0.848. The summed E-state index contributed by atoms with van der Waals surface area (Å²) < 4.78 is 0. The molecule has 0 radical (unpaired) electrons. The number of β-amino-alcohol motifs (C(OH)–C–C–N with tert-alkyl or cyclic N) is 1. The minimum Gasteiger partial charge on any atom is -0.392 e. The van der Waals surface area contributed by atoms with Gasteiger partial charge in [-0.1, -0.05) is 0 Å². The lowest BCUT2D eigenvalue weighted by molar-refractivity contribution is 0.0671. The predicted molar refractivity (Wildman–Crippen MR) is 59.2 cm³/mol. The molecule has 6 nitrogen and oxygen atoms in total. The van der Waals surface area contributed by atoms with Gasteiger partial charge >= 0.3 is 0 Å². The van der Waals surface area contributed by atoms with Gasteiger partial charge < -0.3 is 15.7 Å². The highest BCUT2D eigenvalue weighted by Crippen LogP contribution is 2.24. The molecule has 2 amide bonds. The SMILES string of the molecule is C[C@H](O)CN1Cc2c(ccnc2C(N)=O)C1=O. The second kappa shape index (κ2) is 4.14. The van der Waals surface area contributed by atoms with E-state index in [1.54, 1.807) is 13.0 Å². The molecular formula is C11H13N3O3. The van der Waals surface area contributed by atoms with Gasteiger partial charge in [-0.2, -0.15) is 0 Å². The normalized spacial score (nSPS) is 15.9. The molecule has 0 spiro atoms. The van der Waals surface area contributed by atoms with E-state index in [1.165, 1.54) is 11.1 Å². The van der Waals surface area contributed by atoms with Crippen LogP contribution in [0.5, 0.6) is 0 Å². The molecule has 2 rings (SSSR count). The van der Waals surface area contributed by atoms with E-state index < -0.39 is 12.0 Å². The largest absolute Gasteiger partial charge is 0.392 e. The van der Waals surface area contributed by atoms with E-state index in [2.05, 4.69) is 4.98 Å². The lowest BCUT2D eigenvalue weighted by Crippen LogP contribution is -2.31. The quantitative estimate of drug-likeness (QED) is 0.739. The highest BCUT2D eigenvalue weighted by Gasteiger charge is 2.31. The Balaban J connectivity index is 2.37. The van der Waals surface area contributed by atoms with Gasteiger partial charge in [0.2, 0.25) is 0 Å². The molecule has 0 aromatic carbocycles. The fraction of sp³-hybridized carbons (Fsp3) is 0.364. The van der Waals surface area contributed by atoms with Gasteiger partial charge in [-0.25, -0.2) is 0 Å². The number of rotatable bonds is 3. The van der Waals surface area contributed by atoms with Crippen molar-refractivity contribution in [2.45, 2.75) is 19.6 Å². The van der Waals surface area contributed by atoms with Crippen LogP contribution in [0.15, 0.2) is 12.3 Å². The number of hydrogen-bond acceptors (Lipinski definition) is 4. The van der Waals surface area contributed by atoms with Crippen molar-refractivity contribution in [3.8, 4) is 0 Å². The standard InChI is InChI=1S/C11H13N3O3/c1-6(15)4-14-5-8-7(11(14)17)2-3-13-9(8)10(12)16/h2-3,6,15H,4-5H2,1H3,(H2,12,16)/t6-/m0/s1. The Morgan fingerprint density at radius 1 is 1.71 bits per heavy atom. The number of aromatic nitrogens is 1. The molecule has 1 aliphatic rings. The number of carbonyl (C=O) groups is 2. The minimum absolute atomic E-state index is 0.129. The molecule has 17 heavy (non-hydrogen) atoms. The molecule has 1 atom stereocenters. The molecule has 0 aliphatic carbocycles. The maximum atomic E-state index is 11.9. The van der Waals surface area contributed by atoms with Crippen molar-refractivity contribution in [3.63, 3.8) is 0 Å². The van der Waals surface area contributed by atoms with Gasteiger partial charge in [0.1, 0.15) is 5.69 Å². The first-order chi connectivity index (χ1) is 8.00. The first-order valence-corrected chi connectivity index (χ1v) is 5.25. The van der Waals surface area contributed by atoms with Gasteiger partial charge in [-0.05, 0) is 13.0 Å². The predicted octanol–water partition coefficient (Wildman–Crippen LogP) is -0.483. The van der Waals surface area contributed by atoms with Crippen LogP contribution in [0.25, 0.3) is 0 Å². The monoisotopic (exact) mass is 235 g/mol. The number of pyridine rings is 1. The van der Waals surface area contributed by atoms with Crippen molar-refractivity contribution >= 4 is 11.8 Å². The zero-order valence-corrected chi connectivity index (χ0v) is 9.38. The molecule has 1 aromatic rings. The van der Waals surface area contributed by atoms with Crippen LogP contribution < -0.4 is 5.73 Å². The Morgan fingerprint density at radius 2 is 2.41 bits per heavy atom. The number of amides is 2. The van der Waals surface area contributed by atoms with Gasteiger partial charge in [0.05, 0.1) is 6.10 Å². The number of nitrogens with zero attached hydrogens (tertiary/aromatic N) is 2. The summed E-state index contributed by atoms with van der Waals surface area (Å²) in [5.41, 5.74) is 6.31. The summed E-state index contributed by atoms with van der Waals surface area (Å²) in [6, 6.07) is 1.56. The van der Waals surface area contributed by atoms with Gasteiger partial charge in [0, 0.05) is 30.4 Å². The molecule has 0 saturated heterocycles. The number of aliphatic hydroxyl groups excluding tert-OH is 1. The summed E-state index contributed by atoms with van der Waals surface area (Å²) in [4.78, 5) is 28.5. The summed E-state index contributed by atoms with van der Waals surface area (Å²) >= 11 is 0. The summed E-state index contributed by atoms with van der Waals surface area (Å²) in [6.07, 6.45) is 0.779. The van der Waals surface area contributed by atoms with Crippen molar-refractivity contribution in [1.29, 1.82) is 0 Å². The maximum Gasteiger partial charge on any atom is 0.267 e. The number of nitrogens with two attached hydrogens (primary N) is 1. The molecule has 0 saturated carbocycles. The van der Waals surface area contributed by atoms with Crippen LogP contribution >= 0.6 is 0 Å². The summed E-state index contributed by atoms with van der Waals surface area (Å²) in [6.45, 7) is 2.10. The van der Waals surface area contributed by atoms with Crippen molar-refractivity contribution in [1.82, 2.24) is 9.88 Å². The number of carbonyl (C=O) groups excluding carboxylic acids is 2. The Hall–Kier alpha value is -1.95.